The summed E-state index contributed by atoms with van der Waals surface area (Å²) < 4.78 is 23.0. The Labute approximate surface area is 68.9 Å². The zero-order valence-electron chi connectivity index (χ0n) is 7.59. The topological polar surface area (TPSA) is 34.1 Å². The van der Waals surface area contributed by atoms with Crippen LogP contribution in [0, 0.1) is 5.41 Å². The first kappa shape index (κ1) is 9.04. The Morgan fingerprint density at radius 3 is 1.82 bits per heavy atom. The average Bonchev–Trinajstić information content (AvgIpc) is 1.94. The van der Waals surface area contributed by atoms with Gasteiger partial charge in [-0.1, -0.05) is 13.8 Å². The van der Waals surface area contributed by atoms with Crippen LogP contribution in [0.25, 0.3) is 0 Å². The molecule has 1 fully saturated rings. The molecule has 2 atom stereocenters. The SMILES string of the molecule is CC1CC(C)(C)C(C)S1(=O)=O. The van der Waals surface area contributed by atoms with E-state index in [9.17, 15) is 8.42 Å². The van der Waals surface area contributed by atoms with Crippen LogP contribution in [0.15, 0.2) is 0 Å². The van der Waals surface area contributed by atoms with Crippen LogP contribution in [-0.4, -0.2) is 18.9 Å². The van der Waals surface area contributed by atoms with Crippen LogP contribution in [-0.2, 0) is 9.84 Å². The van der Waals surface area contributed by atoms with Crippen LogP contribution in [0.2, 0.25) is 0 Å². The maximum atomic E-state index is 11.5. The monoisotopic (exact) mass is 176 g/mol. The first-order chi connectivity index (χ1) is 4.78. The summed E-state index contributed by atoms with van der Waals surface area (Å²) in [6.45, 7) is 7.68. The largest absolute Gasteiger partial charge is 0.228 e. The number of hydrogen-bond acceptors (Lipinski definition) is 2. The Hall–Kier alpha value is -0.0500. The highest BCUT2D eigenvalue weighted by molar-refractivity contribution is 7.92. The van der Waals surface area contributed by atoms with Gasteiger partial charge in [0, 0.05) is 0 Å². The standard InChI is InChI=1S/C8H16O2S/c1-6-5-8(3,4)7(2)11(6,9)10/h6-7H,5H2,1-4H3. The molecule has 1 rings (SSSR count). The van der Waals surface area contributed by atoms with Crippen molar-refractivity contribution in [1.82, 2.24) is 0 Å². The summed E-state index contributed by atoms with van der Waals surface area (Å²) in [5.74, 6) is 0. The molecule has 0 aromatic rings. The number of hydrogen-bond donors (Lipinski definition) is 0. The minimum atomic E-state index is -2.81. The highest BCUT2D eigenvalue weighted by Crippen LogP contribution is 2.41. The maximum Gasteiger partial charge on any atom is 0.156 e. The summed E-state index contributed by atoms with van der Waals surface area (Å²) >= 11 is 0. The molecule has 0 radical (unpaired) electrons. The second-order valence-electron chi connectivity index (χ2n) is 4.23. The average molecular weight is 176 g/mol. The highest BCUT2D eigenvalue weighted by atomic mass is 32.2. The zero-order valence-corrected chi connectivity index (χ0v) is 8.40. The Morgan fingerprint density at radius 1 is 1.27 bits per heavy atom. The molecule has 0 saturated carbocycles. The lowest BCUT2D eigenvalue weighted by Gasteiger charge is -2.20. The Morgan fingerprint density at radius 2 is 1.73 bits per heavy atom. The van der Waals surface area contributed by atoms with E-state index < -0.39 is 9.84 Å². The van der Waals surface area contributed by atoms with E-state index in [1.54, 1.807) is 6.92 Å². The molecule has 1 heterocycles. The van der Waals surface area contributed by atoms with E-state index >= 15 is 0 Å². The van der Waals surface area contributed by atoms with Crippen molar-refractivity contribution in [2.24, 2.45) is 5.41 Å². The molecule has 1 saturated heterocycles. The minimum Gasteiger partial charge on any atom is -0.228 e. The van der Waals surface area contributed by atoms with Gasteiger partial charge in [0.2, 0.25) is 0 Å². The van der Waals surface area contributed by atoms with Gasteiger partial charge in [-0.25, -0.2) is 8.42 Å². The second-order valence-corrected chi connectivity index (χ2v) is 6.92. The lowest BCUT2D eigenvalue weighted by Crippen LogP contribution is -2.25. The van der Waals surface area contributed by atoms with Gasteiger partial charge in [0.1, 0.15) is 0 Å². The molecule has 0 aromatic heterocycles. The number of sulfone groups is 1. The highest BCUT2D eigenvalue weighted by Gasteiger charge is 2.47. The van der Waals surface area contributed by atoms with Crippen molar-refractivity contribution in [3.05, 3.63) is 0 Å². The van der Waals surface area contributed by atoms with E-state index in [1.807, 2.05) is 20.8 Å². The van der Waals surface area contributed by atoms with Gasteiger partial charge in [-0.3, -0.25) is 0 Å². The molecule has 0 N–H and O–H groups in total. The fourth-order valence-electron chi connectivity index (χ4n) is 1.82. The van der Waals surface area contributed by atoms with Gasteiger partial charge >= 0.3 is 0 Å². The molecule has 66 valence electrons. The summed E-state index contributed by atoms with van der Waals surface area (Å²) in [6, 6.07) is 0. The molecule has 1 aliphatic rings. The smallest absolute Gasteiger partial charge is 0.156 e. The van der Waals surface area contributed by atoms with Gasteiger partial charge in [-0.2, -0.15) is 0 Å². The molecular formula is C8H16O2S. The van der Waals surface area contributed by atoms with E-state index in [4.69, 9.17) is 0 Å². The summed E-state index contributed by atoms with van der Waals surface area (Å²) in [5, 5.41) is -0.322. The van der Waals surface area contributed by atoms with Crippen molar-refractivity contribution >= 4 is 9.84 Å². The Balaban J connectivity index is 3.09. The van der Waals surface area contributed by atoms with Crippen molar-refractivity contribution in [1.29, 1.82) is 0 Å². The van der Waals surface area contributed by atoms with Gasteiger partial charge < -0.3 is 0 Å². The predicted molar refractivity (Wildman–Crippen MR) is 46.2 cm³/mol. The van der Waals surface area contributed by atoms with E-state index in [0.29, 0.717) is 0 Å². The summed E-state index contributed by atoms with van der Waals surface area (Å²) in [6.07, 6.45) is 0.802. The van der Waals surface area contributed by atoms with Crippen LogP contribution in [0.1, 0.15) is 34.1 Å². The molecule has 0 spiro atoms. The van der Waals surface area contributed by atoms with Crippen LogP contribution in [0.5, 0.6) is 0 Å². The maximum absolute atomic E-state index is 11.5. The Kier molecular flexibility index (Phi) is 1.82. The summed E-state index contributed by atoms with van der Waals surface area (Å²) in [5.41, 5.74) is -0.0295. The molecule has 2 unspecified atom stereocenters. The molecule has 0 amide bonds. The van der Waals surface area contributed by atoms with Gasteiger partial charge in [0.05, 0.1) is 10.5 Å². The Bertz CT molecular complexity index is 251. The van der Waals surface area contributed by atoms with Gasteiger partial charge in [-0.05, 0) is 25.7 Å². The van der Waals surface area contributed by atoms with Crippen LogP contribution >= 0.6 is 0 Å². The van der Waals surface area contributed by atoms with E-state index in [1.165, 1.54) is 0 Å². The third kappa shape index (κ3) is 1.19. The molecular weight excluding hydrogens is 160 g/mol. The minimum absolute atomic E-state index is 0.0295. The third-order valence-electron chi connectivity index (χ3n) is 2.97. The van der Waals surface area contributed by atoms with E-state index in [-0.39, 0.29) is 15.9 Å². The van der Waals surface area contributed by atoms with Gasteiger partial charge in [0.15, 0.2) is 9.84 Å². The fraction of sp³-hybridized carbons (Fsp3) is 1.00. The van der Waals surface area contributed by atoms with Crippen LogP contribution in [0.4, 0.5) is 0 Å². The summed E-state index contributed by atoms with van der Waals surface area (Å²) in [7, 11) is -2.81. The van der Waals surface area contributed by atoms with E-state index in [2.05, 4.69) is 0 Å². The molecule has 2 nitrogen and oxygen atoms in total. The van der Waals surface area contributed by atoms with E-state index in [0.717, 1.165) is 6.42 Å². The summed E-state index contributed by atoms with van der Waals surface area (Å²) in [4.78, 5) is 0. The van der Waals surface area contributed by atoms with Crippen molar-refractivity contribution < 1.29 is 8.42 Å². The van der Waals surface area contributed by atoms with Crippen molar-refractivity contribution in [2.75, 3.05) is 0 Å². The zero-order chi connectivity index (χ0) is 8.86. The van der Waals surface area contributed by atoms with Crippen LogP contribution < -0.4 is 0 Å². The predicted octanol–water partition coefficient (Wildman–Crippen LogP) is 1.61. The fourth-order valence-corrected chi connectivity index (χ4v) is 4.16. The first-order valence-corrected chi connectivity index (χ1v) is 5.62. The van der Waals surface area contributed by atoms with Crippen molar-refractivity contribution in [3.63, 3.8) is 0 Å². The molecule has 0 bridgehead atoms. The normalized spacial score (nSPS) is 40.7. The molecule has 1 aliphatic heterocycles. The first-order valence-electron chi connectivity index (χ1n) is 4.01. The molecule has 11 heavy (non-hydrogen) atoms. The third-order valence-corrected chi connectivity index (χ3v) is 5.88. The quantitative estimate of drug-likeness (QED) is 0.562. The molecule has 3 heteroatoms. The number of rotatable bonds is 0. The lowest BCUT2D eigenvalue weighted by molar-refractivity contribution is 0.355. The van der Waals surface area contributed by atoms with Crippen LogP contribution in [0.3, 0.4) is 0 Å². The van der Waals surface area contributed by atoms with Gasteiger partial charge in [-0.15, -0.1) is 0 Å². The van der Waals surface area contributed by atoms with Crippen molar-refractivity contribution in [3.8, 4) is 0 Å². The second kappa shape index (κ2) is 2.22. The molecule has 0 aliphatic carbocycles. The van der Waals surface area contributed by atoms with Crippen molar-refractivity contribution in [2.45, 2.75) is 44.6 Å². The lowest BCUT2D eigenvalue weighted by atomic mass is 9.85. The van der Waals surface area contributed by atoms with Gasteiger partial charge in [0.25, 0.3) is 0 Å². The molecule has 0 aromatic carbocycles.